The number of carbonyl (C=O) groups excluding carboxylic acids is 2. The monoisotopic (exact) mass is 634 g/mol. The highest BCUT2D eigenvalue weighted by atomic mass is 79.9. The van der Waals surface area contributed by atoms with Crippen LogP contribution in [0.1, 0.15) is 27.6 Å². The molecule has 0 bridgehead atoms. The summed E-state index contributed by atoms with van der Waals surface area (Å²) in [4.78, 5) is 31.5. The molecule has 0 unspecified atom stereocenters. The average Bonchev–Trinajstić information content (AvgIpc) is 3.32. The van der Waals surface area contributed by atoms with Gasteiger partial charge in [-0.3, -0.25) is 4.79 Å². The van der Waals surface area contributed by atoms with Gasteiger partial charge in [-0.15, -0.1) is 11.3 Å². The number of rotatable bonds is 6. The molecule has 184 valence electrons. The topological polar surface area (TPSA) is 68.3 Å². The van der Waals surface area contributed by atoms with Gasteiger partial charge >= 0.3 is 5.97 Å². The molecule has 0 saturated heterocycles. The molecule has 0 aliphatic heterocycles. The first-order chi connectivity index (χ1) is 17.9. The number of benzene rings is 3. The Balaban J connectivity index is 1.57. The molecule has 0 fully saturated rings. The first-order valence-electron chi connectivity index (χ1n) is 11.5. The van der Waals surface area contributed by atoms with E-state index in [1.807, 2.05) is 78.2 Å². The number of nitrogens with one attached hydrogen (secondary N) is 1. The van der Waals surface area contributed by atoms with Crippen LogP contribution >= 0.6 is 43.2 Å². The van der Waals surface area contributed by atoms with Crippen LogP contribution in [0, 0.1) is 0 Å². The predicted molar refractivity (Wildman–Crippen MR) is 156 cm³/mol. The summed E-state index contributed by atoms with van der Waals surface area (Å²) in [5.41, 5.74) is 4.66. The molecule has 2 aromatic heterocycles. The summed E-state index contributed by atoms with van der Waals surface area (Å²) in [6.45, 7) is 1.99. The third-order valence-corrected chi connectivity index (χ3v) is 7.71. The largest absolute Gasteiger partial charge is 0.462 e. The molecule has 0 aliphatic rings. The number of hydrogen-bond acceptors (Lipinski definition) is 5. The molecule has 0 atom stereocenters. The third kappa shape index (κ3) is 5.37. The lowest BCUT2D eigenvalue weighted by molar-refractivity contribution is 0.0529. The molecular formula is C29H20Br2N2O3S. The van der Waals surface area contributed by atoms with E-state index >= 15 is 0 Å². The second kappa shape index (κ2) is 11.0. The zero-order chi connectivity index (χ0) is 25.9. The highest BCUT2D eigenvalue weighted by Gasteiger charge is 2.24. The molecule has 5 rings (SSSR count). The van der Waals surface area contributed by atoms with Crippen LogP contribution in [-0.2, 0) is 4.74 Å². The van der Waals surface area contributed by atoms with E-state index in [4.69, 9.17) is 9.72 Å². The van der Waals surface area contributed by atoms with Crippen molar-refractivity contribution < 1.29 is 14.3 Å². The molecule has 5 nitrogen and oxygen atoms in total. The van der Waals surface area contributed by atoms with Gasteiger partial charge in [0.25, 0.3) is 5.91 Å². The summed E-state index contributed by atoms with van der Waals surface area (Å²) in [5.74, 6) is -0.807. The Labute approximate surface area is 234 Å². The molecule has 37 heavy (non-hydrogen) atoms. The van der Waals surface area contributed by atoms with Crippen molar-refractivity contribution in [1.29, 1.82) is 0 Å². The lowest BCUT2D eigenvalue weighted by atomic mass is 10.0. The van der Waals surface area contributed by atoms with Gasteiger partial charge in [0.05, 0.1) is 23.4 Å². The molecule has 3 aromatic carbocycles. The Kier molecular flexibility index (Phi) is 7.50. The number of carbonyl (C=O) groups is 2. The number of anilines is 1. The molecular weight excluding hydrogens is 616 g/mol. The highest BCUT2D eigenvalue weighted by Crippen LogP contribution is 2.37. The molecule has 2 heterocycles. The summed E-state index contributed by atoms with van der Waals surface area (Å²) >= 11 is 8.20. The SMILES string of the molecule is CCOC(=O)c1c(-c2ccc(Br)cc2)csc1NC(=O)c1cc(-c2ccc(Br)cc2)nc2ccccc12. The van der Waals surface area contributed by atoms with Gasteiger partial charge in [0.2, 0.25) is 0 Å². The number of aromatic nitrogens is 1. The molecule has 5 aromatic rings. The van der Waals surface area contributed by atoms with Crippen molar-refractivity contribution in [2.45, 2.75) is 6.92 Å². The molecule has 0 saturated carbocycles. The maximum Gasteiger partial charge on any atom is 0.341 e. The van der Waals surface area contributed by atoms with E-state index < -0.39 is 5.97 Å². The van der Waals surface area contributed by atoms with Crippen LogP contribution in [0.2, 0.25) is 0 Å². The smallest absolute Gasteiger partial charge is 0.341 e. The number of hydrogen-bond donors (Lipinski definition) is 1. The number of thiophene rings is 1. The van der Waals surface area contributed by atoms with Crippen LogP contribution in [0.25, 0.3) is 33.3 Å². The van der Waals surface area contributed by atoms with E-state index in [0.717, 1.165) is 25.5 Å². The molecule has 1 N–H and O–H groups in total. The van der Waals surface area contributed by atoms with E-state index in [-0.39, 0.29) is 12.5 Å². The number of ether oxygens (including phenoxy) is 1. The fourth-order valence-electron chi connectivity index (χ4n) is 4.00. The molecule has 0 spiro atoms. The maximum absolute atomic E-state index is 13.7. The number of esters is 1. The zero-order valence-electron chi connectivity index (χ0n) is 19.6. The van der Waals surface area contributed by atoms with Crippen LogP contribution in [0.4, 0.5) is 5.00 Å². The van der Waals surface area contributed by atoms with Crippen LogP contribution in [-0.4, -0.2) is 23.5 Å². The number of para-hydroxylation sites is 1. The third-order valence-electron chi connectivity index (χ3n) is 5.75. The van der Waals surface area contributed by atoms with Crippen molar-refractivity contribution in [3.05, 3.63) is 104 Å². The number of pyridine rings is 1. The minimum atomic E-state index is -0.480. The standard InChI is InChI=1S/C29H20Br2N2O3S/c1-2-36-29(35)26-23(17-7-11-19(30)12-8-17)16-37-28(26)33-27(34)22-15-25(18-9-13-20(31)14-10-18)32-24-6-4-3-5-21(22)24/h3-16H,2H2,1H3,(H,33,34). The highest BCUT2D eigenvalue weighted by molar-refractivity contribution is 9.10. The lowest BCUT2D eigenvalue weighted by Gasteiger charge is -2.12. The Morgan fingerprint density at radius 1 is 0.919 bits per heavy atom. The number of halogens is 2. The quantitative estimate of drug-likeness (QED) is 0.190. The minimum Gasteiger partial charge on any atom is -0.462 e. The summed E-state index contributed by atoms with van der Waals surface area (Å²) < 4.78 is 7.24. The summed E-state index contributed by atoms with van der Waals surface area (Å²) in [5, 5.41) is 6.01. The second-order valence-corrected chi connectivity index (χ2v) is 10.8. The van der Waals surface area contributed by atoms with E-state index in [1.54, 1.807) is 13.0 Å². The van der Waals surface area contributed by atoms with Crippen molar-refractivity contribution in [3.8, 4) is 22.4 Å². The van der Waals surface area contributed by atoms with E-state index in [1.165, 1.54) is 11.3 Å². The summed E-state index contributed by atoms with van der Waals surface area (Å²) in [7, 11) is 0. The maximum atomic E-state index is 13.7. The fraction of sp³-hybridized carbons (Fsp3) is 0.0690. The molecule has 0 aliphatic carbocycles. The van der Waals surface area contributed by atoms with Crippen molar-refractivity contribution in [2.75, 3.05) is 11.9 Å². The Morgan fingerprint density at radius 3 is 2.24 bits per heavy atom. The van der Waals surface area contributed by atoms with Crippen LogP contribution in [0.15, 0.2) is 93.2 Å². The number of nitrogens with zero attached hydrogens (tertiary/aromatic N) is 1. The Morgan fingerprint density at radius 2 is 1.57 bits per heavy atom. The van der Waals surface area contributed by atoms with E-state index in [2.05, 4.69) is 37.2 Å². The van der Waals surface area contributed by atoms with Crippen molar-refractivity contribution in [3.63, 3.8) is 0 Å². The van der Waals surface area contributed by atoms with Gasteiger partial charge in [0, 0.05) is 30.8 Å². The van der Waals surface area contributed by atoms with Gasteiger partial charge in [-0.2, -0.15) is 0 Å². The predicted octanol–water partition coefficient (Wildman–Crippen LogP) is 8.58. The number of fused-ring (bicyclic) bond motifs is 1. The lowest BCUT2D eigenvalue weighted by Crippen LogP contribution is -2.15. The Hall–Kier alpha value is -3.33. The zero-order valence-corrected chi connectivity index (χ0v) is 23.6. The van der Waals surface area contributed by atoms with Gasteiger partial charge in [-0.25, -0.2) is 9.78 Å². The van der Waals surface area contributed by atoms with Crippen LogP contribution in [0.5, 0.6) is 0 Å². The van der Waals surface area contributed by atoms with Gasteiger partial charge < -0.3 is 10.1 Å². The minimum absolute atomic E-state index is 0.230. The van der Waals surface area contributed by atoms with E-state index in [0.29, 0.717) is 32.9 Å². The van der Waals surface area contributed by atoms with Crippen LogP contribution in [0.3, 0.4) is 0 Å². The van der Waals surface area contributed by atoms with Gasteiger partial charge in [0.1, 0.15) is 10.6 Å². The first-order valence-corrected chi connectivity index (χ1v) is 13.9. The van der Waals surface area contributed by atoms with E-state index in [9.17, 15) is 9.59 Å². The normalized spacial score (nSPS) is 10.9. The van der Waals surface area contributed by atoms with Crippen LogP contribution < -0.4 is 5.32 Å². The Bertz CT molecular complexity index is 1610. The van der Waals surface area contributed by atoms with Crippen molar-refractivity contribution in [2.24, 2.45) is 0 Å². The summed E-state index contributed by atoms with van der Waals surface area (Å²) in [6, 6.07) is 24.7. The molecule has 0 radical (unpaired) electrons. The first kappa shape index (κ1) is 25.3. The summed E-state index contributed by atoms with van der Waals surface area (Å²) in [6.07, 6.45) is 0. The van der Waals surface area contributed by atoms with Crippen molar-refractivity contribution in [1.82, 2.24) is 4.98 Å². The van der Waals surface area contributed by atoms with Gasteiger partial charge in [0.15, 0.2) is 0 Å². The van der Waals surface area contributed by atoms with Gasteiger partial charge in [-0.1, -0.05) is 74.3 Å². The van der Waals surface area contributed by atoms with Crippen molar-refractivity contribution >= 4 is 71.0 Å². The molecule has 1 amide bonds. The number of amides is 1. The fourth-order valence-corrected chi connectivity index (χ4v) is 5.48. The van der Waals surface area contributed by atoms with Gasteiger partial charge in [-0.05, 0) is 48.9 Å². The molecule has 8 heteroatoms. The average molecular weight is 636 g/mol. The second-order valence-electron chi connectivity index (χ2n) is 8.11.